The van der Waals surface area contributed by atoms with E-state index in [2.05, 4.69) is 36.0 Å². The van der Waals surface area contributed by atoms with Crippen LogP contribution in [0.5, 0.6) is 0 Å². The van der Waals surface area contributed by atoms with Crippen LogP contribution in [0.15, 0.2) is 0 Å². The first-order valence-corrected chi connectivity index (χ1v) is 7.27. The van der Waals surface area contributed by atoms with E-state index in [0.29, 0.717) is 11.6 Å². The van der Waals surface area contributed by atoms with Gasteiger partial charge in [-0.3, -0.25) is 4.90 Å². The predicted molar refractivity (Wildman–Crippen MR) is 73.4 cm³/mol. The van der Waals surface area contributed by atoms with E-state index in [1.165, 1.54) is 58.4 Å². The Morgan fingerprint density at radius 3 is 2.76 bits per heavy atom. The minimum Gasteiger partial charge on any atom is -0.310 e. The maximum absolute atomic E-state index is 3.74. The zero-order valence-electron chi connectivity index (χ0n) is 11.8. The van der Waals surface area contributed by atoms with E-state index in [1.807, 2.05) is 0 Å². The fourth-order valence-electron chi connectivity index (χ4n) is 3.36. The summed E-state index contributed by atoms with van der Waals surface area (Å²) >= 11 is 0. The number of rotatable bonds is 2. The molecular formula is C14H29N3. The third kappa shape index (κ3) is 3.67. The highest BCUT2D eigenvalue weighted by Crippen LogP contribution is 2.22. The van der Waals surface area contributed by atoms with Crippen LogP contribution < -0.4 is 5.32 Å². The van der Waals surface area contributed by atoms with E-state index < -0.39 is 0 Å². The van der Waals surface area contributed by atoms with Gasteiger partial charge in [0.25, 0.3) is 0 Å². The standard InChI is InChI=1S/C14H29N3/c1-13-11-16(3)9-6-10-17(13)12-14(2)7-4-5-8-15-14/h13,15H,4-12H2,1-3H3. The van der Waals surface area contributed by atoms with E-state index in [9.17, 15) is 0 Å². The summed E-state index contributed by atoms with van der Waals surface area (Å²) in [6.45, 7) is 11.0. The fraction of sp³-hybridized carbons (Fsp3) is 1.00. The third-order valence-corrected chi connectivity index (χ3v) is 4.44. The highest BCUT2D eigenvalue weighted by atomic mass is 15.2. The molecule has 2 saturated heterocycles. The number of hydrogen-bond donors (Lipinski definition) is 1. The van der Waals surface area contributed by atoms with Crippen molar-refractivity contribution in [2.45, 2.75) is 51.1 Å². The molecule has 2 fully saturated rings. The molecule has 17 heavy (non-hydrogen) atoms. The Labute approximate surface area is 107 Å². The lowest BCUT2D eigenvalue weighted by Gasteiger charge is -2.41. The molecule has 0 aromatic heterocycles. The second-order valence-electron chi connectivity index (χ2n) is 6.38. The Bertz CT molecular complexity index is 236. The molecular weight excluding hydrogens is 210 g/mol. The van der Waals surface area contributed by atoms with Crippen LogP contribution in [0.2, 0.25) is 0 Å². The maximum atomic E-state index is 3.74. The van der Waals surface area contributed by atoms with Crippen molar-refractivity contribution in [1.29, 1.82) is 0 Å². The lowest BCUT2D eigenvalue weighted by molar-refractivity contribution is 0.130. The van der Waals surface area contributed by atoms with Crippen molar-refractivity contribution in [2.24, 2.45) is 0 Å². The summed E-state index contributed by atoms with van der Waals surface area (Å²) in [6.07, 6.45) is 5.41. The highest BCUT2D eigenvalue weighted by Gasteiger charge is 2.31. The van der Waals surface area contributed by atoms with Gasteiger partial charge < -0.3 is 10.2 Å². The average Bonchev–Trinajstić information content (AvgIpc) is 2.42. The van der Waals surface area contributed by atoms with Crippen LogP contribution in [0.25, 0.3) is 0 Å². The predicted octanol–water partition coefficient (Wildman–Crippen LogP) is 1.54. The van der Waals surface area contributed by atoms with Gasteiger partial charge in [0.15, 0.2) is 0 Å². The smallest absolute Gasteiger partial charge is 0.0280 e. The molecule has 2 aliphatic heterocycles. The van der Waals surface area contributed by atoms with Gasteiger partial charge in [-0.1, -0.05) is 6.42 Å². The molecule has 2 unspecified atom stereocenters. The monoisotopic (exact) mass is 239 g/mol. The number of nitrogens with zero attached hydrogens (tertiary/aromatic N) is 2. The van der Waals surface area contributed by atoms with Crippen molar-refractivity contribution < 1.29 is 0 Å². The zero-order valence-corrected chi connectivity index (χ0v) is 11.8. The molecule has 2 heterocycles. The van der Waals surface area contributed by atoms with Crippen LogP contribution in [-0.4, -0.2) is 61.2 Å². The first-order chi connectivity index (χ1) is 8.09. The van der Waals surface area contributed by atoms with Crippen LogP contribution in [-0.2, 0) is 0 Å². The highest BCUT2D eigenvalue weighted by molar-refractivity contribution is 4.91. The van der Waals surface area contributed by atoms with Crippen molar-refractivity contribution in [3.8, 4) is 0 Å². The number of hydrogen-bond acceptors (Lipinski definition) is 3. The summed E-state index contributed by atoms with van der Waals surface area (Å²) in [7, 11) is 2.25. The molecule has 100 valence electrons. The van der Waals surface area contributed by atoms with Gasteiger partial charge in [-0.05, 0) is 59.8 Å². The maximum Gasteiger partial charge on any atom is 0.0280 e. The summed E-state index contributed by atoms with van der Waals surface area (Å²) in [5, 5.41) is 3.74. The third-order valence-electron chi connectivity index (χ3n) is 4.44. The SMILES string of the molecule is CC1CN(C)CCCN1CC1(C)CCCCN1. The summed E-state index contributed by atoms with van der Waals surface area (Å²) in [5.74, 6) is 0. The summed E-state index contributed by atoms with van der Waals surface area (Å²) in [6, 6.07) is 0.697. The van der Waals surface area contributed by atoms with Gasteiger partial charge in [0.1, 0.15) is 0 Å². The van der Waals surface area contributed by atoms with Gasteiger partial charge in [-0.15, -0.1) is 0 Å². The number of nitrogens with one attached hydrogen (secondary N) is 1. The normalized spacial score (nSPS) is 37.9. The summed E-state index contributed by atoms with van der Waals surface area (Å²) < 4.78 is 0. The van der Waals surface area contributed by atoms with Crippen molar-refractivity contribution in [2.75, 3.05) is 39.8 Å². The Morgan fingerprint density at radius 1 is 1.24 bits per heavy atom. The van der Waals surface area contributed by atoms with E-state index in [4.69, 9.17) is 0 Å². The topological polar surface area (TPSA) is 18.5 Å². The molecule has 3 heteroatoms. The Morgan fingerprint density at radius 2 is 2.06 bits per heavy atom. The van der Waals surface area contributed by atoms with Crippen LogP contribution in [0.3, 0.4) is 0 Å². The van der Waals surface area contributed by atoms with Crippen LogP contribution in [0.4, 0.5) is 0 Å². The molecule has 0 spiro atoms. The molecule has 1 N–H and O–H groups in total. The minimum atomic E-state index is 0.357. The molecule has 0 aromatic rings. The number of likely N-dealkylation sites (N-methyl/N-ethyl adjacent to an activating group) is 1. The lowest BCUT2D eigenvalue weighted by atomic mass is 9.90. The van der Waals surface area contributed by atoms with Crippen LogP contribution in [0, 0.1) is 0 Å². The molecule has 0 amide bonds. The second-order valence-corrected chi connectivity index (χ2v) is 6.38. The fourth-order valence-corrected chi connectivity index (χ4v) is 3.36. The van der Waals surface area contributed by atoms with Crippen LogP contribution >= 0.6 is 0 Å². The van der Waals surface area contributed by atoms with Gasteiger partial charge in [-0.25, -0.2) is 0 Å². The first-order valence-electron chi connectivity index (χ1n) is 7.27. The Balaban J connectivity index is 1.92. The second kappa shape index (κ2) is 5.68. The summed E-state index contributed by atoms with van der Waals surface area (Å²) in [5.41, 5.74) is 0.357. The Hall–Kier alpha value is -0.120. The zero-order chi connectivity index (χ0) is 12.3. The lowest BCUT2D eigenvalue weighted by Crippen LogP contribution is -2.55. The van der Waals surface area contributed by atoms with Gasteiger partial charge in [0.2, 0.25) is 0 Å². The van der Waals surface area contributed by atoms with Crippen molar-refractivity contribution in [3.05, 3.63) is 0 Å². The molecule has 2 aliphatic rings. The van der Waals surface area contributed by atoms with Gasteiger partial charge in [0.05, 0.1) is 0 Å². The van der Waals surface area contributed by atoms with Gasteiger partial charge in [0, 0.05) is 24.7 Å². The van der Waals surface area contributed by atoms with Gasteiger partial charge in [-0.2, -0.15) is 0 Å². The average molecular weight is 239 g/mol. The van der Waals surface area contributed by atoms with E-state index in [0.717, 1.165) is 0 Å². The Kier molecular flexibility index (Phi) is 4.45. The van der Waals surface area contributed by atoms with Gasteiger partial charge >= 0.3 is 0 Å². The van der Waals surface area contributed by atoms with E-state index >= 15 is 0 Å². The largest absolute Gasteiger partial charge is 0.310 e. The number of piperidine rings is 1. The van der Waals surface area contributed by atoms with E-state index in [-0.39, 0.29) is 0 Å². The van der Waals surface area contributed by atoms with E-state index in [1.54, 1.807) is 0 Å². The molecule has 0 bridgehead atoms. The molecule has 0 radical (unpaired) electrons. The molecule has 0 aromatic carbocycles. The van der Waals surface area contributed by atoms with Crippen molar-refractivity contribution in [3.63, 3.8) is 0 Å². The first kappa shape index (κ1) is 13.3. The minimum absolute atomic E-state index is 0.357. The quantitative estimate of drug-likeness (QED) is 0.789. The summed E-state index contributed by atoms with van der Waals surface area (Å²) in [4.78, 5) is 5.17. The molecule has 0 saturated carbocycles. The molecule has 0 aliphatic carbocycles. The van der Waals surface area contributed by atoms with Crippen molar-refractivity contribution >= 4 is 0 Å². The van der Waals surface area contributed by atoms with Crippen LogP contribution in [0.1, 0.15) is 39.5 Å². The molecule has 3 nitrogen and oxygen atoms in total. The van der Waals surface area contributed by atoms with Crippen molar-refractivity contribution in [1.82, 2.24) is 15.1 Å². The molecule has 2 atom stereocenters. The molecule has 2 rings (SSSR count).